The molecular weight excluding hydrogens is 540 g/mol. The van der Waals surface area contributed by atoms with Gasteiger partial charge in [-0.3, -0.25) is 14.4 Å². The maximum absolute atomic E-state index is 14.2. The predicted octanol–water partition coefficient (Wildman–Crippen LogP) is 4.49. The van der Waals surface area contributed by atoms with Crippen LogP contribution < -0.4 is 10.6 Å². The molecule has 1 aromatic rings. The largest absolute Gasteiger partial charge is 0.359 e. The Bertz CT molecular complexity index is 1160. The number of anilines is 1. The van der Waals surface area contributed by atoms with Gasteiger partial charge in [0, 0.05) is 23.3 Å². The van der Waals surface area contributed by atoms with Crippen LogP contribution in [0.2, 0.25) is 5.02 Å². The molecule has 1 aromatic carbocycles. The van der Waals surface area contributed by atoms with Gasteiger partial charge in [0.1, 0.15) is 11.6 Å². The second kappa shape index (κ2) is 12.4. The van der Waals surface area contributed by atoms with E-state index in [1.54, 1.807) is 29.2 Å². The first-order valence-corrected chi connectivity index (χ1v) is 15.8. The lowest BCUT2D eigenvalue weighted by Crippen LogP contribution is -2.58. The number of likely N-dealkylation sites (tertiary alicyclic amines) is 1. The number of carbonyl (C=O) groups is 3. The lowest BCUT2D eigenvalue weighted by Gasteiger charge is -2.38. The van der Waals surface area contributed by atoms with Crippen molar-refractivity contribution < 1.29 is 19.1 Å². The number of hydrogen-bond acceptors (Lipinski definition) is 5. The summed E-state index contributed by atoms with van der Waals surface area (Å²) in [6, 6.07) is 6.15. The van der Waals surface area contributed by atoms with Gasteiger partial charge in [0.25, 0.3) is 0 Å². The molecule has 3 fully saturated rings. The Balaban J connectivity index is 1.38. The zero-order chi connectivity index (χ0) is 29.3. The minimum atomic E-state index is -1.15. The van der Waals surface area contributed by atoms with Gasteiger partial charge < -0.3 is 25.2 Å². The highest BCUT2D eigenvalue weighted by Crippen LogP contribution is 2.55. The molecular formula is C32H45ClN4O4. The van der Waals surface area contributed by atoms with Gasteiger partial charge in [0.15, 0.2) is 0 Å². The third-order valence-electron chi connectivity index (χ3n) is 9.90. The van der Waals surface area contributed by atoms with Crippen molar-refractivity contribution in [3.05, 3.63) is 41.4 Å². The number of nitrogens with zero attached hydrogens (tertiary/aromatic N) is 2. The maximum Gasteiger partial charge on any atom is 0.246 e. The first-order chi connectivity index (χ1) is 19.7. The fourth-order valence-electron chi connectivity index (χ4n) is 7.36. The molecule has 0 aromatic heterocycles. The lowest BCUT2D eigenvalue weighted by atomic mass is 9.73. The fourth-order valence-corrected chi connectivity index (χ4v) is 7.49. The Morgan fingerprint density at radius 2 is 1.85 bits per heavy atom. The van der Waals surface area contributed by atoms with E-state index >= 15 is 0 Å². The molecule has 3 amide bonds. The summed E-state index contributed by atoms with van der Waals surface area (Å²) in [7, 11) is 2.09. The summed E-state index contributed by atoms with van der Waals surface area (Å²) in [5, 5.41) is 6.85. The zero-order valence-electron chi connectivity index (χ0n) is 24.8. The van der Waals surface area contributed by atoms with Crippen LogP contribution in [0.25, 0.3) is 0 Å². The molecule has 1 spiro atoms. The molecule has 0 radical (unpaired) electrons. The topological polar surface area (TPSA) is 91.0 Å². The Hall–Kier alpha value is -2.42. The van der Waals surface area contributed by atoms with Crippen molar-refractivity contribution in [1.82, 2.24) is 15.1 Å². The summed E-state index contributed by atoms with van der Waals surface area (Å²) < 4.78 is 6.50. The Labute approximate surface area is 249 Å². The molecule has 8 nitrogen and oxygen atoms in total. The van der Waals surface area contributed by atoms with E-state index in [4.69, 9.17) is 16.3 Å². The van der Waals surface area contributed by atoms with Crippen LogP contribution in [0, 0.1) is 23.7 Å². The first-order valence-electron chi connectivity index (χ1n) is 15.4. The van der Waals surface area contributed by atoms with Crippen LogP contribution in [0.3, 0.4) is 0 Å². The number of ether oxygens (including phenoxy) is 1. The standard InChI is InChI=1S/C32H45ClN4O4/c1-5-6-17-36(4)18-8-19-37-28(30(39)35-24-10-7-9-20(2)21(24)3)32-16-15-25(41-32)26(27(32)31(37)40)29(38)34-23-13-11-22(33)12-14-23/h11-16,20-21,24-28H,5-10,17-19H2,1-4H3,(H,34,38)(H,35,39)/t20-,21-,24-,25-,26-,27-,28+,32+/m1/s1. The zero-order valence-corrected chi connectivity index (χ0v) is 25.5. The molecule has 3 aliphatic heterocycles. The summed E-state index contributed by atoms with van der Waals surface area (Å²) >= 11 is 6.02. The number of amides is 3. The quantitative estimate of drug-likeness (QED) is 0.374. The van der Waals surface area contributed by atoms with Crippen LogP contribution in [-0.4, -0.2) is 78.0 Å². The maximum atomic E-state index is 14.2. The molecule has 4 aliphatic rings. The van der Waals surface area contributed by atoms with Gasteiger partial charge in [0.05, 0.1) is 17.9 Å². The Kier molecular flexibility index (Phi) is 9.12. The number of halogens is 1. The van der Waals surface area contributed by atoms with E-state index in [2.05, 4.69) is 43.4 Å². The number of fused-ring (bicyclic) bond motifs is 1. The van der Waals surface area contributed by atoms with Crippen molar-refractivity contribution in [2.75, 3.05) is 32.0 Å². The molecule has 5 rings (SSSR count). The van der Waals surface area contributed by atoms with E-state index in [0.29, 0.717) is 29.1 Å². The predicted molar refractivity (Wildman–Crippen MR) is 160 cm³/mol. The molecule has 2 N–H and O–H groups in total. The van der Waals surface area contributed by atoms with Crippen molar-refractivity contribution >= 4 is 35.0 Å². The normalized spacial score (nSPS) is 33.9. The third-order valence-corrected chi connectivity index (χ3v) is 10.2. The van der Waals surface area contributed by atoms with Crippen LogP contribution in [0.5, 0.6) is 0 Å². The van der Waals surface area contributed by atoms with Crippen LogP contribution in [-0.2, 0) is 19.1 Å². The molecule has 2 bridgehead atoms. The summed E-state index contributed by atoms with van der Waals surface area (Å²) in [6.45, 7) is 8.88. The Morgan fingerprint density at radius 1 is 1.12 bits per heavy atom. The fraction of sp³-hybridized carbons (Fsp3) is 0.656. The molecule has 2 saturated heterocycles. The first kappa shape index (κ1) is 30.1. The van der Waals surface area contributed by atoms with E-state index < -0.39 is 29.6 Å². The molecule has 8 atom stereocenters. The highest BCUT2D eigenvalue weighted by Gasteiger charge is 2.72. The van der Waals surface area contributed by atoms with Gasteiger partial charge in [-0.25, -0.2) is 0 Å². The average Bonchev–Trinajstić information content (AvgIpc) is 3.59. The van der Waals surface area contributed by atoms with E-state index in [-0.39, 0.29) is 23.8 Å². The molecule has 0 unspecified atom stereocenters. The molecule has 9 heteroatoms. The minimum absolute atomic E-state index is 0.0606. The third kappa shape index (κ3) is 5.80. The van der Waals surface area contributed by atoms with Crippen LogP contribution in [0.15, 0.2) is 36.4 Å². The summed E-state index contributed by atoms with van der Waals surface area (Å²) in [5.74, 6) is -1.21. The van der Waals surface area contributed by atoms with Crippen molar-refractivity contribution in [2.24, 2.45) is 23.7 Å². The van der Waals surface area contributed by atoms with Crippen molar-refractivity contribution in [2.45, 2.75) is 83.1 Å². The van der Waals surface area contributed by atoms with Gasteiger partial charge in [0.2, 0.25) is 17.7 Å². The smallest absolute Gasteiger partial charge is 0.246 e. The number of nitrogens with one attached hydrogen (secondary N) is 2. The number of hydrogen-bond donors (Lipinski definition) is 2. The van der Waals surface area contributed by atoms with E-state index in [9.17, 15) is 14.4 Å². The van der Waals surface area contributed by atoms with Gasteiger partial charge in [-0.1, -0.05) is 63.8 Å². The highest BCUT2D eigenvalue weighted by molar-refractivity contribution is 6.30. The second-order valence-corrected chi connectivity index (χ2v) is 13.1. The molecule has 1 saturated carbocycles. The number of carbonyl (C=O) groups excluding carboxylic acids is 3. The SMILES string of the molecule is CCCCN(C)CCCN1C(=O)[C@H]2[C@H](C(=O)Nc3ccc(Cl)cc3)[C@H]3C=C[C@@]2(O3)[C@@H]1C(=O)N[C@@H]1CCC[C@@H](C)[C@H]1C. The van der Waals surface area contributed by atoms with Gasteiger partial charge >= 0.3 is 0 Å². The van der Waals surface area contributed by atoms with Gasteiger partial charge in [-0.2, -0.15) is 0 Å². The van der Waals surface area contributed by atoms with Crippen LogP contribution in [0.1, 0.15) is 59.3 Å². The number of unbranched alkanes of at least 4 members (excludes halogenated alkanes) is 1. The monoisotopic (exact) mass is 584 g/mol. The van der Waals surface area contributed by atoms with Crippen molar-refractivity contribution in [3.63, 3.8) is 0 Å². The second-order valence-electron chi connectivity index (χ2n) is 12.6. The van der Waals surface area contributed by atoms with E-state index in [1.165, 1.54) is 0 Å². The van der Waals surface area contributed by atoms with E-state index in [0.717, 1.165) is 51.6 Å². The summed E-state index contributed by atoms with van der Waals surface area (Å²) in [4.78, 5) is 45.9. The molecule has 41 heavy (non-hydrogen) atoms. The van der Waals surface area contributed by atoms with Gasteiger partial charge in [-0.05, 0) is 75.5 Å². The van der Waals surface area contributed by atoms with Crippen LogP contribution >= 0.6 is 11.6 Å². The highest BCUT2D eigenvalue weighted by atomic mass is 35.5. The van der Waals surface area contributed by atoms with Gasteiger partial charge in [-0.15, -0.1) is 0 Å². The Morgan fingerprint density at radius 3 is 2.59 bits per heavy atom. The van der Waals surface area contributed by atoms with E-state index in [1.807, 2.05) is 12.2 Å². The minimum Gasteiger partial charge on any atom is -0.359 e. The molecule has 1 aliphatic carbocycles. The summed E-state index contributed by atoms with van der Waals surface area (Å²) in [6.07, 6.45) is 9.36. The number of benzene rings is 1. The van der Waals surface area contributed by atoms with Crippen molar-refractivity contribution in [1.29, 1.82) is 0 Å². The van der Waals surface area contributed by atoms with Crippen LogP contribution in [0.4, 0.5) is 5.69 Å². The summed E-state index contributed by atoms with van der Waals surface area (Å²) in [5.41, 5.74) is -0.543. The van der Waals surface area contributed by atoms with Crippen molar-refractivity contribution in [3.8, 4) is 0 Å². The average molecular weight is 585 g/mol. The number of rotatable bonds is 11. The molecule has 224 valence electrons. The lowest BCUT2D eigenvalue weighted by molar-refractivity contribution is -0.141. The molecule has 3 heterocycles.